The SMILES string of the molecule is N#Cc1c(F)cccc1NS(=O)(=O)c1cc(N)ccc1Cl. The van der Waals surface area contributed by atoms with Gasteiger partial charge in [-0.05, 0) is 30.3 Å². The molecule has 0 saturated heterocycles. The van der Waals surface area contributed by atoms with Crippen LogP contribution in [0.5, 0.6) is 0 Å². The highest BCUT2D eigenvalue weighted by Crippen LogP contribution is 2.27. The third kappa shape index (κ3) is 3.07. The standard InChI is InChI=1S/C13H9ClFN3O2S/c14-10-5-4-8(17)6-13(10)21(19,20)18-12-3-1-2-11(15)9(12)7-16/h1-6,18H,17H2. The van der Waals surface area contributed by atoms with Crippen molar-refractivity contribution in [3.05, 3.63) is 52.8 Å². The molecule has 0 aromatic heterocycles. The fourth-order valence-corrected chi connectivity index (χ4v) is 3.26. The first-order valence-electron chi connectivity index (χ1n) is 5.61. The van der Waals surface area contributed by atoms with Crippen molar-refractivity contribution >= 4 is 33.0 Å². The molecule has 0 amide bonds. The minimum atomic E-state index is -4.10. The van der Waals surface area contributed by atoms with E-state index >= 15 is 0 Å². The number of sulfonamides is 1. The Kier molecular flexibility index (Phi) is 4.02. The summed E-state index contributed by atoms with van der Waals surface area (Å²) >= 11 is 5.84. The number of hydrogen-bond acceptors (Lipinski definition) is 4. The van der Waals surface area contributed by atoms with Crippen LogP contribution in [0.4, 0.5) is 15.8 Å². The molecule has 8 heteroatoms. The molecule has 0 radical (unpaired) electrons. The average molecular weight is 326 g/mol. The predicted octanol–water partition coefficient (Wildman–Crippen LogP) is 2.73. The van der Waals surface area contributed by atoms with E-state index in [0.29, 0.717) is 0 Å². The second kappa shape index (κ2) is 5.60. The Morgan fingerprint density at radius 3 is 2.67 bits per heavy atom. The highest BCUT2D eigenvalue weighted by molar-refractivity contribution is 7.92. The lowest BCUT2D eigenvalue weighted by Crippen LogP contribution is -2.15. The maximum absolute atomic E-state index is 13.5. The van der Waals surface area contributed by atoms with Crippen molar-refractivity contribution in [2.24, 2.45) is 0 Å². The number of halogens is 2. The third-order valence-electron chi connectivity index (χ3n) is 2.61. The number of nitrogens with zero attached hydrogens (tertiary/aromatic N) is 1. The summed E-state index contributed by atoms with van der Waals surface area (Å²) < 4.78 is 40.1. The van der Waals surface area contributed by atoms with Crippen LogP contribution in [0.3, 0.4) is 0 Å². The van der Waals surface area contributed by atoms with Crippen molar-refractivity contribution in [1.82, 2.24) is 0 Å². The van der Waals surface area contributed by atoms with Crippen LogP contribution in [0.25, 0.3) is 0 Å². The minimum Gasteiger partial charge on any atom is -0.399 e. The van der Waals surface area contributed by atoms with E-state index in [0.717, 1.165) is 6.07 Å². The molecule has 108 valence electrons. The zero-order chi connectivity index (χ0) is 15.6. The topological polar surface area (TPSA) is 96.0 Å². The molecule has 2 aromatic carbocycles. The summed E-state index contributed by atoms with van der Waals surface area (Å²) in [7, 11) is -4.10. The molecule has 21 heavy (non-hydrogen) atoms. The van der Waals surface area contributed by atoms with Crippen LogP contribution in [0.2, 0.25) is 5.02 Å². The van der Waals surface area contributed by atoms with E-state index in [1.54, 1.807) is 6.07 Å². The van der Waals surface area contributed by atoms with E-state index in [1.165, 1.54) is 30.3 Å². The van der Waals surface area contributed by atoms with Gasteiger partial charge in [-0.25, -0.2) is 12.8 Å². The molecule has 0 aliphatic carbocycles. The van der Waals surface area contributed by atoms with Crippen molar-refractivity contribution in [1.29, 1.82) is 5.26 Å². The van der Waals surface area contributed by atoms with Gasteiger partial charge in [-0.15, -0.1) is 0 Å². The summed E-state index contributed by atoms with van der Waals surface area (Å²) in [5.41, 5.74) is 5.17. The van der Waals surface area contributed by atoms with E-state index in [4.69, 9.17) is 22.6 Å². The number of nitrogens with one attached hydrogen (secondary N) is 1. The van der Waals surface area contributed by atoms with Gasteiger partial charge in [-0.1, -0.05) is 17.7 Å². The van der Waals surface area contributed by atoms with Crippen LogP contribution in [0.1, 0.15) is 5.56 Å². The zero-order valence-electron chi connectivity index (χ0n) is 10.5. The van der Waals surface area contributed by atoms with Gasteiger partial charge in [0, 0.05) is 5.69 Å². The summed E-state index contributed by atoms with van der Waals surface area (Å²) in [4.78, 5) is -0.252. The molecule has 3 N–H and O–H groups in total. The number of nitriles is 1. The van der Waals surface area contributed by atoms with E-state index in [9.17, 15) is 12.8 Å². The molecular weight excluding hydrogens is 317 g/mol. The van der Waals surface area contributed by atoms with Crippen LogP contribution in [0, 0.1) is 17.1 Å². The molecule has 0 unspecified atom stereocenters. The fraction of sp³-hybridized carbons (Fsp3) is 0. The van der Waals surface area contributed by atoms with Gasteiger partial charge in [0.15, 0.2) is 0 Å². The largest absolute Gasteiger partial charge is 0.399 e. The van der Waals surface area contributed by atoms with Gasteiger partial charge < -0.3 is 5.73 Å². The highest BCUT2D eigenvalue weighted by Gasteiger charge is 2.20. The maximum Gasteiger partial charge on any atom is 0.263 e. The van der Waals surface area contributed by atoms with E-state index in [2.05, 4.69) is 4.72 Å². The van der Waals surface area contributed by atoms with Gasteiger partial charge in [0.25, 0.3) is 10.0 Å². The van der Waals surface area contributed by atoms with Crippen LogP contribution >= 0.6 is 11.6 Å². The summed E-state index contributed by atoms with van der Waals surface area (Å²) in [5.74, 6) is -0.823. The average Bonchev–Trinajstić information content (AvgIpc) is 2.41. The Hall–Kier alpha value is -2.30. The molecule has 0 spiro atoms. The van der Waals surface area contributed by atoms with Crippen molar-refractivity contribution < 1.29 is 12.8 Å². The second-order valence-corrected chi connectivity index (χ2v) is 6.13. The monoisotopic (exact) mass is 325 g/mol. The Morgan fingerprint density at radius 2 is 2.00 bits per heavy atom. The van der Waals surface area contributed by atoms with Crippen LogP contribution in [0.15, 0.2) is 41.3 Å². The lowest BCUT2D eigenvalue weighted by Gasteiger charge is -2.11. The summed E-state index contributed by atoms with van der Waals surface area (Å²) in [6, 6.07) is 9.19. The van der Waals surface area contributed by atoms with E-state index in [-0.39, 0.29) is 21.3 Å². The summed E-state index contributed by atoms with van der Waals surface area (Å²) in [6.45, 7) is 0. The van der Waals surface area contributed by atoms with E-state index < -0.39 is 21.4 Å². The molecule has 0 aliphatic heterocycles. The van der Waals surface area contributed by atoms with Crippen molar-refractivity contribution in [3.63, 3.8) is 0 Å². The van der Waals surface area contributed by atoms with Gasteiger partial charge in [0.05, 0.1) is 10.7 Å². The molecule has 0 atom stereocenters. The quantitative estimate of drug-likeness (QED) is 0.848. The molecule has 0 fully saturated rings. The van der Waals surface area contributed by atoms with Crippen LogP contribution in [-0.4, -0.2) is 8.42 Å². The first-order chi connectivity index (χ1) is 9.85. The van der Waals surface area contributed by atoms with Crippen molar-refractivity contribution in [2.75, 3.05) is 10.5 Å². The number of rotatable bonds is 3. The Balaban J connectivity index is 2.51. The lowest BCUT2D eigenvalue weighted by atomic mass is 10.2. The van der Waals surface area contributed by atoms with Crippen molar-refractivity contribution in [3.8, 4) is 6.07 Å². The summed E-state index contributed by atoms with van der Waals surface area (Å²) in [6.07, 6.45) is 0. The smallest absolute Gasteiger partial charge is 0.263 e. The van der Waals surface area contributed by atoms with E-state index in [1.807, 2.05) is 0 Å². The number of benzene rings is 2. The molecule has 2 rings (SSSR count). The number of nitrogen functional groups attached to an aromatic ring is 1. The molecule has 0 heterocycles. The van der Waals surface area contributed by atoms with Gasteiger partial charge in [-0.3, -0.25) is 4.72 Å². The molecule has 5 nitrogen and oxygen atoms in total. The zero-order valence-corrected chi connectivity index (χ0v) is 12.0. The Bertz CT molecular complexity index is 847. The first kappa shape index (κ1) is 15.1. The van der Waals surface area contributed by atoms with Gasteiger partial charge in [0.1, 0.15) is 22.3 Å². The first-order valence-corrected chi connectivity index (χ1v) is 7.48. The minimum absolute atomic E-state index is 0.0355. The molecular formula is C13H9ClFN3O2S. The van der Waals surface area contributed by atoms with Gasteiger partial charge in [-0.2, -0.15) is 5.26 Å². The number of hydrogen-bond donors (Lipinski definition) is 2. The number of nitrogens with two attached hydrogens (primary N) is 1. The maximum atomic E-state index is 13.5. The van der Waals surface area contributed by atoms with Crippen LogP contribution in [-0.2, 0) is 10.0 Å². The Labute approximate surface area is 125 Å². The fourth-order valence-electron chi connectivity index (χ4n) is 1.65. The number of anilines is 2. The van der Waals surface area contributed by atoms with Gasteiger partial charge in [0.2, 0.25) is 0 Å². The second-order valence-electron chi connectivity index (χ2n) is 4.07. The molecule has 0 saturated carbocycles. The third-order valence-corrected chi connectivity index (χ3v) is 4.46. The van der Waals surface area contributed by atoms with Crippen molar-refractivity contribution in [2.45, 2.75) is 4.90 Å². The Morgan fingerprint density at radius 1 is 1.29 bits per heavy atom. The lowest BCUT2D eigenvalue weighted by molar-refractivity contribution is 0.601. The normalized spacial score (nSPS) is 10.9. The highest BCUT2D eigenvalue weighted by atomic mass is 35.5. The molecule has 0 aliphatic rings. The van der Waals surface area contributed by atoms with Crippen LogP contribution < -0.4 is 10.5 Å². The predicted molar refractivity (Wildman–Crippen MR) is 77.8 cm³/mol. The summed E-state index contributed by atoms with van der Waals surface area (Å²) in [5, 5.41) is 8.86. The molecule has 0 bridgehead atoms. The molecule has 2 aromatic rings. The van der Waals surface area contributed by atoms with Gasteiger partial charge >= 0.3 is 0 Å².